The minimum absolute atomic E-state index is 0.332. The van der Waals surface area contributed by atoms with Gasteiger partial charge in [0, 0.05) is 30.7 Å². The van der Waals surface area contributed by atoms with Crippen LogP contribution in [0.15, 0.2) is 0 Å². The van der Waals surface area contributed by atoms with Gasteiger partial charge in [-0.3, -0.25) is 4.90 Å². The zero-order valence-corrected chi connectivity index (χ0v) is 12.8. The van der Waals surface area contributed by atoms with Gasteiger partial charge in [-0.25, -0.2) is 0 Å². The second-order valence-electron chi connectivity index (χ2n) is 7.00. The monoisotopic (exact) mass is 252 g/mol. The van der Waals surface area contributed by atoms with Crippen LogP contribution in [0.3, 0.4) is 0 Å². The predicted molar refractivity (Wildman–Crippen MR) is 78.9 cm³/mol. The lowest BCUT2D eigenvalue weighted by atomic mass is 9.88. The van der Waals surface area contributed by atoms with Crippen LogP contribution in [0.4, 0.5) is 0 Å². The van der Waals surface area contributed by atoms with Crippen molar-refractivity contribution in [2.45, 2.75) is 83.8 Å². The summed E-state index contributed by atoms with van der Waals surface area (Å²) >= 11 is 0. The number of hydrogen-bond acceptors (Lipinski definition) is 2. The summed E-state index contributed by atoms with van der Waals surface area (Å²) in [4.78, 5) is 2.83. The Morgan fingerprint density at radius 1 is 1.17 bits per heavy atom. The molecule has 1 aliphatic carbocycles. The average Bonchev–Trinajstić information content (AvgIpc) is 2.58. The molecular formula is C16H32N2. The lowest BCUT2D eigenvalue weighted by molar-refractivity contribution is 0.0290. The lowest BCUT2D eigenvalue weighted by Crippen LogP contribution is -2.64. The SMILES string of the molecule is CCC1(C)CN(C2CCCCCC2C)C(C)CN1. The molecule has 0 aromatic heterocycles. The molecule has 1 heterocycles. The maximum absolute atomic E-state index is 3.75. The predicted octanol–water partition coefficient (Wildman–Crippen LogP) is 3.42. The van der Waals surface area contributed by atoms with Crippen LogP contribution in [0.5, 0.6) is 0 Å². The summed E-state index contributed by atoms with van der Waals surface area (Å²) in [5, 5.41) is 3.75. The topological polar surface area (TPSA) is 15.3 Å². The van der Waals surface area contributed by atoms with E-state index in [2.05, 4.69) is 37.9 Å². The summed E-state index contributed by atoms with van der Waals surface area (Å²) in [6, 6.07) is 1.53. The Bertz CT molecular complexity index is 266. The number of hydrogen-bond donors (Lipinski definition) is 1. The molecule has 1 saturated carbocycles. The standard InChI is InChI=1S/C16H32N2/c1-5-16(4)12-18(14(3)11-17-16)15-10-8-6-7-9-13(15)2/h13-15,17H,5-12H2,1-4H3. The Balaban J connectivity index is 2.08. The van der Waals surface area contributed by atoms with Gasteiger partial charge in [0.15, 0.2) is 0 Å². The Morgan fingerprint density at radius 3 is 2.61 bits per heavy atom. The first-order valence-electron chi connectivity index (χ1n) is 8.06. The maximum Gasteiger partial charge on any atom is 0.0278 e. The fourth-order valence-corrected chi connectivity index (χ4v) is 3.77. The first-order valence-corrected chi connectivity index (χ1v) is 8.06. The van der Waals surface area contributed by atoms with Gasteiger partial charge < -0.3 is 5.32 Å². The normalized spacial score (nSPS) is 43.7. The number of nitrogens with zero attached hydrogens (tertiary/aromatic N) is 1. The van der Waals surface area contributed by atoms with Crippen molar-refractivity contribution in [2.24, 2.45) is 5.92 Å². The molecular weight excluding hydrogens is 220 g/mol. The van der Waals surface area contributed by atoms with Crippen molar-refractivity contribution in [3.05, 3.63) is 0 Å². The minimum Gasteiger partial charge on any atom is -0.309 e. The molecule has 1 aliphatic heterocycles. The summed E-state index contributed by atoms with van der Waals surface area (Å²) in [7, 11) is 0. The molecule has 0 amide bonds. The third kappa shape index (κ3) is 3.08. The maximum atomic E-state index is 3.75. The third-order valence-electron chi connectivity index (χ3n) is 5.44. The van der Waals surface area contributed by atoms with E-state index in [1.54, 1.807) is 0 Å². The first kappa shape index (κ1) is 14.3. The van der Waals surface area contributed by atoms with Gasteiger partial charge in [-0.1, -0.05) is 33.1 Å². The highest BCUT2D eigenvalue weighted by atomic mass is 15.3. The molecule has 2 fully saturated rings. The van der Waals surface area contributed by atoms with Crippen molar-refractivity contribution in [1.82, 2.24) is 10.2 Å². The van der Waals surface area contributed by atoms with Crippen molar-refractivity contribution in [3.63, 3.8) is 0 Å². The molecule has 2 nitrogen and oxygen atoms in total. The van der Waals surface area contributed by atoms with Crippen LogP contribution >= 0.6 is 0 Å². The van der Waals surface area contributed by atoms with Gasteiger partial charge in [0.2, 0.25) is 0 Å². The number of rotatable bonds is 2. The average molecular weight is 252 g/mol. The molecule has 0 aromatic rings. The Morgan fingerprint density at radius 2 is 1.89 bits per heavy atom. The van der Waals surface area contributed by atoms with Gasteiger partial charge in [0.25, 0.3) is 0 Å². The second-order valence-corrected chi connectivity index (χ2v) is 7.00. The third-order valence-corrected chi connectivity index (χ3v) is 5.44. The molecule has 4 atom stereocenters. The van der Waals surface area contributed by atoms with Gasteiger partial charge in [0.1, 0.15) is 0 Å². The highest BCUT2D eigenvalue weighted by molar-refractivity contribution is 4.96. The fraction of sp³-hybridized carbons (Fsp3) is 1.00. The molecule has 4 unspecified atom stereocenters. The van der Waals surface area contributed by atoms with E-state index in [1.165, 1.54) is 45.1 Å². The van der Waals surface area contributed by atoms with Gasteiger partial charge in [0.05, 0.1) is 0 Å². The summed E-state index contributed by atoms with van der Waals surface area (Å²) in [5.74, 6) is 0.883. The highest BCUT2D eigenvalue weighted by Crippen LogP contribution is 2.31. The smallest absolute Gasteiger partial charge is 0.0278 e. The largest absolute Gasteiger partial charge is 0.309 e. The van der Waals surface area contributed by atoms with Gasteiger partial charge in [-0.2, -0.15) is 0 Å². The van der Waals surface area contributed by atoms with Crippen molar-refractivity contribution in [2.75, 3.05) is 13.1 Å². The van der Waals surface area contributed by atoms with Crippen LogP contribution in [0.25, 0.3) is 0 Å². The van der Waals surface area contributed by atoms with Crippen LogP contribution in [-0.2, 0) is 0 Å². The highest BCUT2D eigenvalue weighted by Gasteiger charge is 2.37. The molecule has 2 heteroatoms. The summed E-state index contributed by atoms with van der Waals surface area (Å²) in [5.41, 5.74) is 0.332. The fourth-order valence-electron chi connectivity index (χ4n) is 3.77. The van der Waals surface area contributed by atoms with Gasteiger partial charge in [-0.15, -0.1) is 0 Å². The summed E-state index contributed by atoms with van der Waals surface area (Å²) in [6.07, 6.45) is 8.43. The molecule has 2 aliphatic rings. The van der Waals surface area contributed by atoms with Crippen molar-refractivity contribution >= 4 is 0 Å². The molecule has 18 heavy (non-hydrogen) atoms. The number of piperazine rings is 1. The van der Waals surface area contributed by atoms with E-state index in [-0.39, 0.29) is 0 Å². The van der Waals surface area contributed by atoms with E-state index in [4.69, 9.17) is 0 Å². The van der Waals surface area contributed by atoms with E-state index in [0.29, 0.717) is 11.6 Å². The van der Waals surface area contributed by atoms with Crippen LogP contribution in [-0.4, -0.2) is 35.6 Å². The lowest BCUT2D eigenvalue weighted by Gasteiger charge is -2.49. The molecule has 0 radical (unpaired) electrons. The van der Waals surface area contributed by atoms with Crippen LogP contribution in [0.2, 0.25) is 0 Å². The summed E-state index contributed by atoms with van der Waals surface area (Å²) < 4.78 is 0. The zero-order chi connectivity index (χ0) is 13.2. The first-order chi connectivity index (χ1) is 8.56. The van der Waals surface area contributed by atoms with E-state index < -0.39 is 0 Å². The van der Waals surface area contributed by atoms with Crippen molar-refractivity contribution in [1.29, 1.82) is 0 Å². The Hall–Kier alpha value is -0.0800. The Labute approximate surface area is 114 Å². The van der Waals surface area contributed by atoms with E-state index in [9.17, 15) is 0 Å². The molecule has 2 rings (SSSR count). The second kappa shape index (κ2) is 5.92. The van der Waals surface area contributed by atoms with E-state index >= 15 is 0 Å². The molecule has 0 aromatic carbocycles. The van der Waals surface area contributed by atoms with Crippen LogP contribution < -0.4 is 5.32 Å². The van der Waals surface area contributed by atoms with Gasteiger partial charge in [-0.05, 0) is 39.0 Å². The van der Waals surface area contributed by atoms with Gasteiger partial charge >= 0.3 is 0 Å². The molecule has 1 saturated heterocycles. The van der Waals surface area contributed by atoms with Crippen molar-refractivity contribution in [3.8, 4) is 0 Å². The number of nitrogens with one attached hydrogen (secondary N) is 1. The van der Waals surface area contributed by atoms with Crippen LogP contribution in [0, 0.1) is 5.92 Å². The van der Waals surface area contributed by atoms with Crippen LogP contribution in [0.1, 0.15) is 66.2 Å². The van der Waals surface area contributed by atoms with Crippen molar-refractivity contribution < 1.29 is 0 Å². The molecule has 0 bridgehead atoms. The van der Waals surface area contributed by atoms with E-state index in [0.717, 1.165) is 18.5 Å². The van der Waals surface area contributed by atoms with E-state index in [1.807, 2.05) is 0 Å². The molecule has 1 N–H and O–H groups in total. The Kier molecular flexibility index (Phi) is 4.71. The molecule has 106 valence electrons. The zero-order valence-electron chi connectivity index (χ0n) is 12.8. The molecule has 0 spiro atoms. The minimum atomic E-state index is 0.332. The quantitative estimate of drug-likeness (QED) is 0.758. The summed E-state index contributed by atoms with van der Waals surface area (Å²) in [6.45, 7) is 12.0.